The van der Waals surface area contributed by atoms with Crippen LogP contribution in [0.2, 0.25) is 0 Å². The smallest absolute Gasteiger partial charge is 0.292 e. The molecule has 0 saturated heterocycles. The first-order valence-electron chi connectivity index (χ1n) is 4.82. The summed E-state index contributed by atoms with van der Waals surface area (Å²) >= 11 is 1.38. The van der Waals surface area contributed by atoms with E-state index in [4.69, 9.17) is 0 Å². The average Bonchev–Trinajstić information content (AvgIpc) is 2.65. The second-order valence-corrected chi connectivity index (χ2v) is 5.97. The van der Waals surface area contributed by atoms with Crippen LogP contribution in [0.4, 0.5) is 12.7 Å². The highest BCUT2D eigenvalue weighted by Gasteiger charge is 2.16. The van der Waals surface area contributed by atoms with Crippen LogP contribution in [0.1, 0.15) is 4.88 Å². The molecule has 0 radical (unpaired) electrons. The number of hydrogen-bond donors (Lipinski definition) is 0. The van der Waals surface area contributed by atoms with Crippen LogP contribution in [0, 0.1) is 0 Å². The molecule has 8 heteroatoms. The van der Waals surface area contributed by atoms with Gasteiger partial charge in [0.2, 0.25) is 0 Å². The van der Waals surface area contributed by atoms with Gasteiger partial charge in [0.15, 0.2) is 0 Å². The topological polar surface area (TPSA) is 37.4 Å². The quantitative estimate of drug-likeness (QED) is 0.721. The Morgan fingerprint density at radius 3 is 2.59 bits per heavy atom. The molecule has 0 saturated carbocycles. The van der Waals surface area contributed by atoms with Crippen molar-refractivity contribution in [3.63, 3.8) is 0 Å². The average molecular weight is 287 g/mol. The minimum absolute atomic E-state index is 0.206. The van der Waals surface area contributed by atoms with Crippen molar-refractivity contribution in [3.8, 4) is 0 Å². The van der Waals surface area contributed by atoms with E-state index < -0.39 is 28.9 Å². The molecule has 0 fully saturated rings. The maximum absolute atomic E-state index is 12.3. The Bertz CT molecular complexity index is 419. The zero-order valence-corrected chi connectivity index (χ0v) is 10.5. The van der Waals surface area contributed by atoms with Crippen LogP contribution in [0.3, 0.4) is 0 Å². The fourth-order valence-corrected chi connectivity index (χ4v) is 2.51. The number of alkyl halides is 2. The van der Waals surface area contributed by atoms with E-state index in [0.717, 1.165) is 4.88 Å². The molecule has 0 aliphatic heterocycles. The Morgan fingerprint density at radius 1 is 1.41 bits per heavy atom. The van der Waals surface area contributed by atoms with Crippen molar-refractivity contribution in [3.05, 3.63) is 22.4 Å². The van der Waals surface area contributed by atoms with Gasteiger partial charge in [0, 0.05) is 18.0 Å². The zero-order chi connectivity index (χ0) is 12.9. The van der Waals surface area contributed by atoms with Crippen LogP contribution >= 0.6 is 11.3 Å². The predicted molar refractivity (Wildman–Crippen MR) is 60.5 cm³/mol. The lowest BCUT2D eigenvalue weighted by molar-refractivity contribution is 0.0881. The molecule has 1 aromatic heterocycles. The molecule has 0 aliphatic carbocycles. The molecule has 1 rings (SSSR count). The van der Waals surface area contributed by atoms with Gasteiger partial charge in [-0.2, -0.15) is 8.42 Å². The molecular weight excluding hydrogens is 275 g/mol. The molecule has 0 N–H and O–H groups in total. The molecular formula is C9H12F3NO2S2. The van der Waals surface area contributed by atoms with Gasteiger partial charge >= 0.3 is 10.2 Å². The molecule has 1 aromatic rings. The van der Waals surface area contributed by atoms with Crippen LogP contribution in [-0.2, 0) is 16.8 Å². The summed E-state index contributed by atoms with van der Waals surface area (Å²) < 4.78 is 57.5. The first-order valence-corrected chi connectivity index (χ1v) is 7.25. The molecule has 0 spiro atoms. The lowest BCUT2D eigenvalue weighted by Gasteiger charge is -2.20. The second-order valence-electron chi connectivity index (χ2n) is 3.45. The summed E-state index contributed by atoms with van der Waals surface area (Å²) in [6.07, 6.45) is -2.57. The molecule has 3 nitrogen and oxygen atoms in total. The van der Waals surface area contributed by atoms with Gasteiger partial charge in [-0.15, -0.1) is 15.2 Å². The van der Waals surface area contributed by atoms with Crippen molar-refractivity contribution in [1.29, 1.82) is 0 Å². The van der Waals surface area contributed by atoms with E-state index in [9.17, 15) is 21.1 Å². The van der Waals surface area contributed by atoms with E-state index in [1.807, 2.05) is 0 Å². The third-order valence-corrected chi connectivity index (χ3v) is 3.54. The third kappa shape index (κ3) is 6.64. The molecule has 98 valence electrons. The number of thiophene rings is 1. The monoisotopic (exact) mass is 287 g/mol. The fraction of sp³-hybridized carbons (Fsp3) is 0.556. The van der Waals surface area contributed by atoms with Crippen molar-refractivity contribution >= 4 is 21.6 Å². The molecule has 0 atom stereocenters. The van der Waals surface area contributed by atoms with Crippen molar-refractivity contribution in [2.45, 2.75) is 13.0 Å². The van der Waals surface area contributed by atoms with Gasteiger partial charge in [0.1, 0.15) is 0 Å². The highest BCUT2D eigenvalue weighted by atomic mass is 32.3. The Labute approximate surface area is 102 Å². The van der Waals surface area contributed by atoms with E-state index in [1.54, 1.807) is 17.5 Å². The van der Waals surface area contributed by atoms with Gasteiger partial charge in [-0.25, -0.2) is 8.78 Å². The van der Waals surface area contributed by atoms with Gasteiger partial charge in [0.05, 0.1) is 12.3 Å². The Morgan fingerprint density at radius 2 is 2.12 bits per heavy atom. The van der Waals surface area contributed by atoms with E-state index in [2.05, 4.69) is 0 Å². The minimum atomic E-state index is -4.62. The Hall–Kier alpha value is -0.600. The van der Waals surface area contributed by atoms with Crippen molar-refractivity contribution in [2.75, 3.05) is 18.8 Å². The summed E-state index contributed by atoms with van der Waals surface area (Å²) in [6.45, 7) is -0.591. The van der Waals surface area contributed by atoms with E-state index >= 15 is 0 Å². The molecule has 0 bridgehead atoms. The zero-order valence-electron chi connectivity index (χ0n) is 8.85. The molecule has 0 aliphatic rings. The first kappa shape index (κ1) is 14.5. The number of nitrogens with zero attached hydrogens (tertiary/aromatic N) is 1. The normalized spacial score (nSPS) is 12.5. The van der Waals surface area contributed by atoms with Crippen LogP contribution in [0.25, 0.3) is 0 Å². The molecule has 17 heavy (non-hydrogen) atoms. The Kier molecular flexibility index (Phi) is 5.41. The van der Waals surface area contributed by atoms with Crippen LogP contribution in [0.15, 0.2) is 17.5 Å². The second kappa shape index (κ2) is 6.36. The minimum Gasteiger partial charge on any atom is -0.292 e. The van der Waals surface area contributed by atoms with Crippen molar-refractivity contribution < 1.29 is 21.1 Å². The predicted octanol–water partition coefficient (Wildman–Crippen LogP) is 2.11. The van der Waals surface area contributed by atoms with Gasteiger partial charge in [0.25, 0.3) is 6.43 Å². The van der Waals surface area contributed by atoms with Crippen LogP contribution in [0.5, 0.6) is 0 Å². The standard InChI is InChI=1S/C9H12F3NO2S2/c10-9(11)7-13(3-5-17(12,14)15)6-8-2-1-4-16-8/h1-2,4,9H,3,5-7H2. The van der Waals surface area contributed by atoms with Crippen LogP contribution < -0.4 is 0 Å². The lowest BCUT2D eigenvalue weighted by atomic mass is 10.4. The lowest BCUT2D eigenvalue weighted by Crippen LogP contribution is -2.32. The molecule has 1 heterocycles. The van der Waals surface area contributed by atoms with E-state index in [1.165, 1.54) is 16.2 Å². The largest absolute Gasteiger partial charge is 0.303 e. The summed E-state index contributed by atoms with van der Waals surface area (Å²) in [7, 11) is -4.62. The van der Waals surface area contributed by atoms with Gasteiger partial charge in [-0.05, 0) is 11.4 Å². The fourth-order valence-electron chi connectivity index (χ4n) is 1.29. The summed E-state index contributed by atoms with van der Waals surface area (Å²) in [4.78, 5) is 2.06. The van der Waals surface area contributed by atoms with Crippen molar-refractivity contribution in [1.82, 2.24) is 4.90 Å². The number of halogens is 3. The maximum Gasteiger partial charge on any atom is 0.303 e. The molecule has 0 unspecified atom stereocenters. The third-order valence-electron chi connectivity index (χ3n) is 2.01. The summed E-state index contributed by atoms with van der Waals surface area (Å²) in [6, 6.07) is 3.53. The van der Waals surface area contributed by atoms with Gasteiger partial charge in [-0.3, -0.25) is 4.90 Å². The number of hydrogen-bond acceptors (Lipinski definition) is 4. The van der Waals surface area contributed by atoms with Gasteiger partial charge in [-0.1, -0.05) is 6.07 Å². The van der Waals surface area contributed by atoms with E-state index in [0.29, 0.717) is 0 Å². The van der Waals surface area contributed by atoms with Crippen LogP contribution in [-0.4, -0.2) is 38.6 Å². The Balaban J connectivity index is 2.54. The summed E-state index contributed by atoms with van der Waals surface area (Å²) in [5.74, 6) is -0.759. The molecule has 0 amide bonds. The highest BCUT2D eigenvalue weighted by molar-refractivity contribution is 7.86. The van der Waals surface area contributed by atoms with E-state index in [-0.39, 0.29) is 13.1 Å². The SMILES string of the molecule is O=S(=O)(F)CCN(Cc1cccs1)CC(F)F. The van der Waals surface area contributed by atoms with Crippen molar-refractivity contribution in [2.24, 2.45) is 0 Å². The molecule has 0 aromatic carbocycles. The number of rotatable bonds is 7. The highest BCUT2D eigenvalue weighted by Crippen LogP contribution is 2.13. The first-order chi connectivity index (χ1) is 7.87. The summed E-state index contributed by atoms with van der Waals surface area (Å²) in [5, 5.41) is 1.79. The summed E-state index contributed by atoms with van der Waals surface area (Å²) in [5.41, 5.74) is 0. The van der Waals surface area contributed by atoms with Gasteiger partial charge < -0.3 is 0 Å². The maximum atomic E-state index is 12.3.